The third-order valence-corrected chi connectivity index (χ3v) is 3.39. The lowest BCUT2D eigenvalue weighted by Crippen LogP contribution is -2.10. The van der Waals surface area contributed by atoms with Crippen LogP contribution in [0, 0.1) is 10.1 Å². The van der Waals surface area contributed by atoms with E-state index in [4.69, 9.17) is 21.1 Å². The maximum absolute atomic E-state index is 11.9. The van der Waals surface area contributed by atoms with Crippen LogP contribution >= 0.6 is 11.6 Å². The Hall–Kier alpha value is -2.60. The molecular formula is C16H14ClNO5. The molecule has 0 saturated carbocycles. The summed E-state index contributed by atoms with van der Waals surface area (Å²) in [6.45, 7) is -0.0246. The van der Waals surface area contributed by atoms with E-state index in [0.29, 0.717) is 21.9 Å². The molecule has 0 saturated heterocycles. The van der Waals surface area contributed by atoms with Gasteiger partial charge in [-0.3, -0.25) is 14.9 Å². The second kappa shape index (κ2) is 7.60. The monoisotopic (exact) mass is 335 g/mol. The average Bonchev–Trinajstić information content (AvgIpc) is 2.53. The van der Waals surface area contributed by atoms with Crippen molar-refractivity contribution in [1.82, 2.24) is 0 Å². The third kappa shape index (κ3) is 4.43. The lowest BCUT2D eigenvalue weighted by Gasteiger charge is -2.10. The van der Waals surface area contributed by atoms with E-state index in [9.17, 15) is 14.9 Å². The summed E-state index contributed by atoms with van der Waals surface area (Å²) in [6, 6.07) is 11.0. The normalized spacial score (nSPS) is 10.2. The first kappa shape index (κ1) is 16.8. The van der Waals surface area contributed by atoms with Gasteiger partial charge in [0.1, 0.15) is 12.4 Å². The van der Waals surface area contributed by atoms with Gasteiger partial charge in [-0.15, -0.1) is 0 Å². The van der Waals surface area contributed by atoms with Gasteiger partial charge in [0.2, 0.25) is 0 Å². The molecular weight excluding hydrogens is 322 g/mol. The molecule has 2 rings (SSSR count). The minimum atomic E-state index is -0.568. The summed E-state index contributed by atoms with van der Waals surface area (Å²) < 4.78 is 10.3. The van der Waals surface area contributed by atoms with Crippen LogP contribution in [0.5, 0.6) is 5.75 Å². The van der Waals surface area contributed by atoms with Gasteiger partial charge in [0.15, 0.2) is 0 Å². The van der Waals surface area contributed by atoms with Gasteiger partial charge in [-0.1, -0.05) is 29.8 Å². The van der Waals surface area contributed by atoms with Crippen LogP contribution in [-0.2, 0) is 22.6 Å². The smallest absolute Gasteiger partial charge is 0.310 e. The molecule has 7 heteroatoms. The topological polar surface area (TPSA) is 78.7 Å². The molecule has 0 aliphatic carbocycles. The Morgan fingerprint density at radius 1 is 1.22 bits per heavy atom. The van der Waals surface area contributed by atoms with Gasteiger partial charge in [0.05, 0.1) is 18.5 Å². The van der Waals surface area contributed by atoms with Gasteiger partial charge in [-0.05, 0) is 18.2 Å². The molecule has 2 aromatic rings. The summed E-state index contributed by atoms with van der Waals surface area (Å²) in [5, 5.41) is 11.4. The van der Waals surface area contributed by atoms with E-state index in [0.717, 1.165) is 0 Å². The highest BCUT2D eigenvalue weighted by Crippen LogP contribution is 2.24. The molecule has 23 heavy (non-hydrogen) atoms. The predicted molar refractivity (Wildman–Crippen MR) is 84.6 cm³/mol. The van der Waals surface area contributed by atoms with Crippen LogP contribution in [0.2, 0.25) is 5.02 Å². The lowest BCUT2D eigenvalue weighted by molar-refractivity contribution is -0.385. The number of rotatable bonds is 6. The number of esters is 1. The Balaban J connectivity index is 2.04. The largest absolute Gasteiger partial charge is 0.496 e. The quantitative estimate of drug-likeness (QED) is 0.458. The fourth-order valence-electron chi connectivity index (χ4n) is 2.06. The SMILES string of the molecule is COc1ccc(Cl)cc1COC(=O)Cc1ccccc1[N+](=O)[O-]. The van der Waals surface area contributed by atoms with Crippen molar-refractivity contribution in [1.29, 1.82) is 0 Å². The van der Waals surface area contributed by atoms with E-state index < -0.39 is 10.9 Å². The van der Waals surface area contributed by atoms with Crippen molar-refractivity contribution in [2.24, 2.45) is 0 Å². The van der Waals surface area contributed by atoms with Crippen LogP contribution in [-0.4, -0.2) is 18.0 Å². The summed E-state index contributed by atoms with van der Waals surface area (Å²) in [5.41, 5.74) is 0.821. The standard InChI is InChI=1S/C16H14ClNO5/c1-22-15-7-6-13(17)8-12(15)10-23-16(19)9-11-4-2-3-5-14(11)18(20)21/h2-8H,9-10H2,1H3. The Kier molecular flexibility index (Phi) is 5.54. The minimum Gasteiger partial charge on any atom is -0.496 e. The van der Waals surface area contributed by atoms with Crippen LogP contribution in [0.4, 0.5) is 5.69 Å². The predicted octanol–water partition coefficient (Wildman–Crippen LogP) is 3.54. The first-order valence-corrected chi connectivity index (χ1v) is 7.09. The van der Waals surface area contributed by atoms with Gasteiger partial charge in [-0.2, -0.15) is 0 Å². The van der Waals surface area contributed by atoms with E-state index in [1.807, 2.05) is 0 Å². The van der Waals surface area contributed by atoms with Crippen molar-refractivity contribution in [2.75, 3.05) is 7.11 Å². The molecule has 0 heterocycles. The fraction of sp³-hybridized carbons (Fsp3) is 0.188. The van der Waals surface area contributed by atoms with Crippen molar-refractivity contribution >= 4 is 23.3 Å². The van der Waals surface area contributed by atoms with Gasteiger partial charge >= 0.3 is 5.97 Å². The number of halogens is 1. The van der Waals surface area contributed by atoms with Crippen LogP contribution in [0.1, 0.15) is 11.1 Å². The number of nitrogens with zero attached hydrogens (tertiary/aromatic N) is 1. The van der Waals surface area contributed by atoms with Crippen molar-refractivity contribution in [2.45, 2.75) is 13.0 Å². The zero-order valence-corrected chi connectivity index (χ0v) is 13.1. The Morgan fingerprint density at radius 2 is 1.96 bits per heavy atom. The second-order valence-corrected chi connectivity index (χ2v) is 5.12. The first-order valence-electron chi connectivity index (χ1n) is 6.71. The van der Waals surface area contributed by atoms with Crippen molar-refractivity contribution in [3.63, 3.8) is 0 Å². The number of methoxy groups -OCH3 is 1. The molecule has 0 N–H and O–H groups in total. The summed E-state index contributed by atoms with van der Waals surface area (Å²) in [5.74, 6) is -0.0192. The molecule has 120 valence electrons. The van der Waals surface area contributed by atoms with Crippen LogP contribution < -0.4 is 4.74 Å². The number of hydrogen-bond donors (Lipinski definition) is 0. The molecule has 6 nitrogen and oxygen atoms in total. The van der Waals surface area contributed by atoms with Crippen molar-refractivity contribution in [3.05, 3.63) is 68.7 Å². The van der Waals surface area contributed by atoms with Gasteiger partial charge in [-0.25, -0.2) is 0 Å². The number of para-hydroxylation sites is 1. The average molecular weight is 336 g/mol. The van der Waals surface area contributed by atoms with Crippen molar-refractivity contribution < 1.29 is 19.2 Å². The molecule has 0 aromatic heterocycles. The highest BCUT2D eigenvalue weighted by atomic mass is 35.5. The van der Waals surface area contributed by atoms with Gasteiger partial charge < -0.3 is 9.47 Å². The second-order valence-electron chi connectivity index (χ2n) is 4.68. The van der Waals surface area contributed by atoms with E-state index in [1.165, 1.54) is 19.2 Å². The number of benzene rings is 2. The fourth-order valence-corrected chi connectivity index (χ4v) is 2.26. The maximum Gasteiger partial charge on any atom is 0.310 e. The van der Waals surface area contributed by atoms with Gasteiger partial charge in [0.25, 0.3) is 5.69 Å². The molecule has 2 aromatic carbocycles. The lowest BCUT2D eigenvalue weighted by atomic mass is 10.1. The molecule has 0 unspecified atom stereocenters. The number of nitro groups is 1. The minimum absolute atomic E-state index is 0.0246. The summed E-state index contributed by atoms with van der Waals surface area (Å²) >= 11 is 5.90. The number of carbonyl (C=O) groups is 1. The molecule has 0 aliphatic heterocycles. The number of nitro benzene ring substituents is 1. The van der Waals surface area contributed by atoms with E-state index in [1.54, 1.807) is 30.3 Å². The van der Waals surface area contributed by atoms with E-state index in [-0.39, 0.29) is 18.7 Å². The number of hydrogen-bond acceptors (Lipinski definition) is 5. The highest BCUT2D eigenvalue weighted by molar-refractivity contribution is 6.30. The third-order valence-electron chi connectivity index (χ3n) is 3.15. The van der Waals surface area contributed by atoms with Gasteiger partial charge in [0, 0.05) is 22.2 Å². The Morgan fingerprint density at radius 3 is 2.65 bits per heavy atom. The summed E-state index contributed by atoms with van der Waals surface area (Å²) in [7, 11) is 1.50. The van der Waals surface area contributed by atoms with Crippen molar-refractivity contribution in [3.8, 4) is 5.75 Å². The van der Waals surface area contributed by atoms with E-state index in [2.05, 4.69) is 0 Å². The molecule has 0 radical (unpaired) electrons. The zero-order chi connectivity index (χ0) is 16.8. The first-order chi connectivity index (χ1) is 11.0. The van der Waals surface area contributed by atoms with Crippen LogP contribution in [0.3, 0.4) is 0 Å². The molecule has 0 spiro atoms. The molecule has 0 bridgehead atoms. The summed E-state index contributed by atoms with van der Waals surface area (Å²) in [6.07, 6.45) is -0.181. The highest BCUT2D eigenvalue weighted by Gasteiger charge is 2.16. The molecule has 0 amide bonds. The Labute approximate surface area is 137 Å². The maximum atomic E-state index is 11.9. The Bertz CT molecular complexity index is 732. The molecule has 0 atom stereocenters. The van der Waals surface area contributed by atoms with Crippen LogP contribution in [0.25, 0.3) is 0 Å². The van der Waals surface area contributed by atoms with Crippen LogP contribution in [0.15, 0.2) is 42.5 Å². The molecule has 0 fully saturated rings. The zero-order valence-electron chi connectivity index (χ0n) is 12.3. The molecule has 0 aliphatic rings. The van der Waals surface area contributed by atoms with E-state index >= 15 is 0 Å². The number of ether oxygens (including phenoxy) is 2. The number of carbonyl (C=O) groups excluding carboxylic acids is 1. The summed E-state index contributed by atoms with van der Waals surface area (Å²) in [4.78, 5) is 22.3.